The molecule has 0 spiro atoms. The fourth-order valence-electron chi connectivity index (χ4n) is 3.61. The first kappa shape index (κ1) is 23.7. The third-order valence-corrected chi connectivity index (χ3v) is 6.20. The van der Waals surface area contributed by atoms with E-state index in [-0.39, 0.29) is 24.8 Å². The smallest absolute Gasteiger partial charge is 0.354 e. The van der Waals surface area contributed by atoms with Crippen LogP contribution in [0.1, 0.15) is 36.3 Å². The first-order valence-electron chi connectivity index (χ1n) is 10.6. The molecule has 1 amide bonds. The molecule has 32 heavy (non-hydrogen) atoms. The van der Waals surface area contributed by atoms with Crippen LogP contribution in [0.2, 0.25) is 0 Å². The number of thiophene rings is 1. The molecule has 0 aliphatic carbocycles. The molecule has 7 nitrogen and oxygen atoms in total. The van der Waals surface area contributed by atoms with Crippen LogP contribution >= 0.6 is 11.3 Å². The number of hydrogen-bond donors (Lipinski definition) is 1. The average Bonchev–Trinajstić information content (AvgIpc) is 3.28. The average molecular weight is 457 g/mol. The molecule has 1 aromatic heterocycles. The van der Waals surface area contributed by atoms with Crippen LogP contribution in [0.3, 0.4) is 0 Å². The van der Waals surface area contributed by atoms with Gasteiger partial charge in [0.25, 0.3) is 0 Å². The van der Waals surface area contributed by atoms with Crippen LogP contribution in [-0.2, 0) is 36.8 Å². The topological polar surface area (TPSA) is 84.9 Å². The van der Waals surface area contributed by atoms with E-state index in [0.29, 0.717) is 12.8 Å². The Hall–Kier alpha value is -2.97. The second-order valence-corrected chi connectivity index (χ2v) is 8.46. The van der Waals surface area contributed by atoms with Crippen molar-refractivity contribution in [2.24, 2.45) is 0 Å². The molecule has 1 aliphatic heterocycles. The summed E-state index contributed by atoms with van der Waals surface area (Å²) in [5.41, 5.74) is 2.20. The van der Waals surface area contributed by atoms with Gasteiger partial charge in [0.05, 0.1) is 26.3 Å². The van der Waals surface area contributed by atoms with Gasteiger partial charge >= 0.3 is 11.9 Å². The number of nitrogens with zero attached hydrogens (tertiary/aromatic N) is 1. The Kier molecular flexibility index (Phi) is 8.19. The number of methoxy groups -OCH3 is 1. The maximum atomic E-state index is 13.3. The normalized spacial score (nSPS) is 14.7. The lowest BCUT2D eigenvalue weighted by Crippen LogP contribution is -2.51. The minimum atomic E-state index is -0.713. The number of benzene rings is 1. The van der Waals surface area contributed by atoms with E-state index in [1.807, 2.05) is 41.8 Å². The zero-order valence-electron chi connectivity index (χ0n) is 18.5. The van der Waals surface area contributed by atoms with E-state index >= 15 is 0 Å². The van der Waals surface area contributed by atoms with Crippen molar-refractivity contribution in [1.29, 1.82) is 0 Å². The Balaban J connectivity index is 1.74. The summed E-state index contributed by atoms with van der Waals surface area (Å²) < 4.78 is 10.1. The lowest BCUT2D eigenvalue weighted by atomic mass is 10.0. The minimum absolute atomic E-state index is 0.189. The minimum Gasteiger partial charge on any atom is -0.465 e. The molecule has 2 heterocycles. The van der Waals surface area contributed by atoms with Crippen LogP contribution in [0.25, 0.3) is 6.08 Å². The summed E-state index contributed by atoms with van der Waals surface area (Å²) in [6.07, 6.45) is 2.81. The van der Waals surface area contributed by atoms with E-state index in [0.717, 1.165) is 16.0 Å². The van der Waals surface area contributed by atoms with Crippen molar-refractivity contribution in [3.05, 3.63) is 63.5 Å². The van der Waals surface area contributed by atoms with Gasteiger partial charge in [0, 0.05) is 4.88 Å². The van der Waals surface area contributed by atoms with Crippen LogP contribution in [0.5, 0.6) is 0 Å². The van der Waals surface area contributed by atoms with Crippen molar-refractivity contribution in [2.75, 3.05) is 13.7 Å². The fourth-order valence-corrected chi connectivity index (χ4v) is 4.45. The molecule has 1 aromatic carbocycles. The standard InChI is InChI=1S/C24H28N2O5S/c1-4-31-23(28)19(11-10-17-8-6-5-7-9-17)25-16(2)22(27)26-15-21-18(12-13-32-21)14-20(26)24(29)30-3/h5-9,12-14,16,19,25H,4,10-11,15H2,1-3H3/t16-,19?/m0/s1. The van der Waals surface area contributed by atoms with Crippen LogP contribution in [0.4, 0.5) is 0 Å². The Morgan fingerprint density at radius 2 is 1.94 bits per heavy atom. The lowest BCUT2D eigenvalue weighted by molar-refractivity contribution is -0.147. The summed E-state index contributed by atoms with van der Waals surface area (Å²) in [4.78, 5) is 40.6. The molecule has 170 valence electrons. The number of ether oxygens (including phenoxy) is 2. The largest absolute Gasteiger partial charge is 0.465 e. The summed E-state index contributed by atoms with van der Waals surface area (Å²) in [5, 5.41) is 5.05. The highest BCUT2D eigenvalue weighted by atomic mass is 32.1. The quantitative estimate of drug-likeness (QED) is 0.584. The van der Waals surface area contributed by atoms with Gasteiger partial charge in [-0.3, -0.25) is 19.8 Å². The SMILES string of the molecule is CCOC(=O)C(CCc1ccccc1)N[C@@H](C)C(=O)N1Cc2sccc2C=C1C(=O)OC. The first-order chi connectivity index (χ1) is 15.4. The predicted octanol–water partition coefficient (Wildman–Crippen LogP) is 3.15. The molecule has 0 bridgehead atoms. The molecule has 1 unspecified atom stereocenters. The number of fused-ring (bicyclic) bond motifs is 1. The van der Waals surface area contributed by atoms with Gasteiger partial charge in [-0.15, -0.1) is 11.3 Å². The van der Waals surface area contributed by atoms with Crippen LogP contribution in [0, 0.1) is 0 Å². The highest BCUT2D eigenvalue weighted by Crippen LogP contribution is 2.29. The van der Waals surface area contributed by atoms with Crippen LogP contribution < -0.4 is 5.32 Å². The monoisotopic (exact) mass is 456 g/mol. The van der Waals surface area contributed by atoms with Crippen molar-refractivity contribution >= 4 is 35.3 Å². The third kappa shape index (κ3) is 5.63. The highest BCUT2D eigenvalue weighted by Gasteiger charge is 2.33. The number of carbonyl (C=O) groups is 3. The summed E-state index contributed by atoms with van der Waals surface area (Å²) in [7, 11) is 1.29. The molecule has 0 fully saturated rings. The third-order valence-electron chi connectivity index (χ3n) is 5.28. The van der Waals surface area contributed by atoms with Gasteiger partial charge in [0.15, 0.2) is 0 Å². The first-order valence-corrected chi connectivity index (χ1v) is 11.5. The summed E-state index contributed by atoms with van der Waals surface area (Å²) in [6.45, 7) is 3.98. The van der Waals surface area contributed by atoms with Crippen molar-refractivity contribution in [1.82, 2.24) is 10.2 Å². The molecule has 1 N–H and O–H groups in total. The molecular formula is C24H28N2O5S. The number of esters is 2. The summed E-state index contributed by atoms with van der Waals surface area (Å²) in [5.74, 6) is -1.28. The molecule has 2 atom stereocenters. The fraction of sp³-hybridized carbons (Fsp3) is 0.375. The maximum Gasteiger partial charge on any atom is 0.354 e. The van der Waals surface area contributed by atoms with Gasteiger partial charge in [0.2, 0.25) is 5.91 Å². The van der Waals surface area contributed by atoms with E-state index in [4.69, 9.17) is 9.47 Å². The molecular weight excluding hydrogens is 428 g/mol. The number of hydrogen-bond acceptors (Lipinski definition) is 7. The summed E-state index contributed by atoms with van der Waals surface area (Å²) in [6, 6.07) is 10.4. The van der Waals surface area contributed by atoms with E-state index in [2.05, 4.69) is 5.32 Å². The number of rotatable bonds is 9. The Bertz CT molecular complexity index is 985. The van der Waals surface area contributed by atoms with Crippen LogP contribution in [0.15, 0.2) is 47.5 Å². The summed E-state index contributed by atoms with van der Waals surface area (Å²) >= 11 is 1.53. The Morgan fingerprint density at radius 3 is 2.62 bits per heavy atom. The molecule has 0 saturated heterocycles. The van der Waals surface area contributed by atoms with E-state index in [9.17, 15) is 14.4 Å². The molecule has 0 saturated carbocycles. The molecule has 8 heteroatoms. The van der Waals surface area contributed by atoms with Gasteiger partial charge < -0.3 is 9.47 Å². The van der Waals surface area contributed by atoms with Crippen molar-refractivity contribution < 1.29 is 23.9 Å². The number of amides is 1. The predicted molar refractivity (Wildman–Crippen MR) is 123 cm³/mol. The van der Waals surface area contributed by atoms with Gasteiger partial charge in [-0.1, -0.05) is 30.3 Å². The Labute approximate surface area is 192 Å². The molecule has 2 aromatic rings. The van der Waals surface area contributed by atoms with E-state index in [1.165, 1.54) is 23.3 Å². The van der Waals surface area contributed by atoms with Crippen molar-refractivity contribution in [2.45, 2.75) is 45.3 Å². The lowest BCUT2D eigenvalue weighted by Gasteiger charge is -2.31. The zero-order valence-corrected chi connectivity index (χ0v) is 19.3. The Morgan fingerprint density at radius 1 is 1.19 bits per heavy atom. The highest BCUT2D eigenvalue weighted by molar-refractivity contribution is 7.10. The molecule has 1 aliphatic rings. The van der Waals surface area contributed by atoms with Gasteiger partial charge in [-0.2, -0.15) is 0 Å². The molecule has 0 radical (unpaired) electrons. The second-order valence-electron chi connectivity index (χ2n) is 7.46. The van der Waals surface area contributed by atoms with Crippen LogP contribution in [-0.4, -0.2) is 48.5 Å². The maximum absolute atomic E-state index is 13.3. The van der Waals surface area contributed by atoms with Gasteiger partial charge in [-0.05, 0) is 55.3 Å². The molecule has 3 rings (SSSR count). The number of nitrogens with one attached hydrogen (secondary N) is 1. The van der Waals surface area contributed by atoms with Gasteiger partial charge in [-0.25, -0.2) is 4.79 Å². The number of aryl methyl sites for hydroxylation is 1. The van der Waals surface area contributed by atoms with Crippen molar-refractivity contribution in [3.63, 3.8) is 0 Å². The zero-order chi connectivity index (χ0) is 23.1. The van der Waals surface area contributed by atoms with Crippen molar-refractivity contribution in [3.8, 4) is 0 Å². The van der Waals surface area contributed by atoms with E-state index in [1.54, 1.807) is 19.9 Å². The second kappa shape index (κ2) is 11.1. The number of carbonyl (C=O) groups excluding carboxylic acids is 3. The van der Waals surface area contributed by atoms with E-state index < -0.39 is 24.0 Å². The van der Waals surface area contributed by atoms with Gasteiger partial charge in [0.1, 0.15) is 11.7 Å².